The van der Waals surface area contributed by atoms with Crippen LogP contribution in [-0.2, 0) is 6.54 Å². The quantitative estimate of drug-likeness (QED) is 0.460. The first-order chi connectivity index (χ1) is 16.1. The number of hydrogen-bond acceptors (Lipinski definition) is 5. The maximum Gasteiger partial charge on any atom is 0.270 e. The second-order valence-electron chi connectivity index (χ2n) is 8.41. The molecule has 10 heteroatoms. The first kappa shape index (κ1) is 19.6. The van der Waals surface area contributed by atoms with E-state index in [0.717, 1.165) is 34.4 Å². The van der Waals surface area contributed by atoms with Crippen LogP contribution in [0.3, 0.4) is 0 Å². The Labute approximate surface area is 187 Å². The first-order valence-electron chi connectivity index (χ1n) is 10.8. The molecule has 0 spiro atoms. The Morgan fingerprint density at radius 3 is 3.03 bits per heavy atom. The maximum absolute atomic E-state index is 13.5. The van der Waals surface area contributed by atoms with Gasteiger partial charge in [0.05, 0.1) is 17.9 Å². The maximum atomic E-state index is 13.5. The van der Waals surface area contributed by atoms with Gasteiger partial charge in [0.1, 0.15) is 24.2 Å². The molecule has 1 aliphatic rings. The number of carbonyl (C=O) groups excluding carboxylic acids is 1. The van der Waals surface area contributed by atoms with Crippen molar-refractivity contribution in [2.45, 2.75) is 25.8 Å². The van der Waals surface area contributed by atoms with E-state index in [9.17, 15) is 9.18 Å². The molecule has 1 atom stereocenters. The van der Waals surface area contributed by atoms with Gasteiger partial charge in [-0.25, -0.2) is 23.6 Å². The average molecular weight is 444 g/mol. The van der Waals surface area contributed by atoms with Crippen molar-refractivity contribution in [2.75, 3.05) is 13.1 Å². The van der Waals surface area contributed by atoms with Gasteiger partial charge in [-0.3, -0.25) is 4.79 Å². The minimum atomic E-state index is -0.330. The van der Waals surface area contributed by atoms with Crippen LogP contribution in [0.2, 0.25) is 0 Å². The summed E-state index contributed by atoms with van der Waals surface area (Å²) in [6.45, 7) is 3.73. The summed E-state index contributed by atoms with van der Waals surface area (Å²) in [6.07, 6.45) is 5.81. The lowest BCUT2D eigenvalue weighted by Gasteiger charge is -2.16. The molecule has 166 valence electrons. The number of aromatic amines is 1. The topological polar surface area (TPSA) is 97.0 Å². The predicted octanol–water partition coefficient (Wildman–Crippen LogP) is 2.93. The minimum Gasteiger partial charge on any atom is -0.350 e. The molecule has 0 bridgehead atoms. The van der Waals surface area contributed by atoms with Crippen LogP contribution < -0.4 is 0 Å². The number of aromatic nitrogens is 7. The lowest BCUT2D eigenvalue weighted by molar-refractivity contribution is 0.0785. The van der Waals surface area contributed by atoms with Gasteiger partial charge in [-0.2, -0.15) is 10.2 Å². The number of H-pyrrole nitrogens is 1. The molecular formula is C23H21FN8O. The highest BCUT2D eigenvalue weighted by atomic mass is 19.1. The Balaban J connectivity index is 1.27. The summed E-state index contributed by atoms with van der Waals surface area (Å²) in [5.74, 6) is -0.272. The van der Waals surface area contributed by atoms with Crippen molar-refractivity contribution in [3.8, 4) is 0 Å². The van der Waals surface area contributed by atoms with E-state index in [1.165, 1.54) is 18.5 Å². The molecule has 4 aromatic heterocycles. The highest BCUT2D eigenvalue weighted by Crippen LogP contribution is 2.30. The zero-order valence-electron chi connectivity index (χ0n) is 17.9. The number of carbonyl (C=O) groups is 1. The number of nitrogens with zero attached hydrogens (tertiary/aromatic N) is 7. The van der Waals surface area contributed by atoms with E-state index in [4.69, 9.17) is 5.10 Å². The van der Waals surface area contributed by atoms with Crippen molar-refractivity contribution in [3.63, 3.8) is 0 Å². The van der Waals surface area contributed by atoms with Gasteiger partial charge in [-0.05, 0) is 43.7 Å². The fourth-order valence-corrected chi connectivity index (χ4v) is 4.66. The highest BCUT2D eigenvalue weighted by Gasteiger charge is 2.31. The molecule has 6 rings (SSSR count). The summed E-state index contributed by atoms with van der Waals surface area (Å²) in [5, 5.41) is 9.76. The Bertz CT molecular complexity index is 1490. The smallest absolute Gasteiger partial charge is 0.270 e. The molecular weight excluding hydrogens is 423 g/mol. The van der Waals surface area contributed by atoms with E-state index in [2.05, 4.69) is 20.1 Å². The number of likely N-dealkylation sites (tertiary alicyclic amines) is 1. The third-order valence-corrected chi connectivity index (χ3v) is 6.34. The van der Waals surface area contributed by atoms with Gasteiger partial charge in [0, 0.05) is 41.7 Å². The highest BCUT2D eigenvalue weighted by molar-refractivity contribution is 5.98. The van der Waals surface area contributed by atoms with E-state index in [0.29, 0.717) is 30.8 Å². The van der Waals surface area contributed by atoms with Crippen LogP contribution in [0.25, 0.3) is 16.6 Å². The summed E-state index contributed by atoms with van der Waals surface area (Å²) in [5.41, 5.74) is 4.81. The van der Waals surface area contributed by atoms with E-state index in [-0.39, 0.29) is 17.6 Å². The third-order valence-electron chi connectivity index (χ3n) is 6.34. The number of halogens is 1. The fourth-order valence-electron chi connectivity index (χ4n) is 4.66. The molecule has 0 aliphatic carbocycles. The van der Waals surface area contributed by atoms with Gasteiger partial charge in [-0.1, -0.05) is 0 Å². The monoisotopic (exact) mass is 444 g/mol. The van der Waals surface area contributed by atoms with Crippen LogP contribution in [0.5, 0.6) is 0 Å². The van der Waals surface area contributed by atoms with Crippen LogP contribution in [0.4, 0.5) is 4.39 Å². The van der Waals surface area contributed by atoms with Gasteiger partial charge in [0.25, 0.3) is 5.91 Å². The molecule has 5 aromatic rings. The molecule has 1 amide bonds. The number of fused-ring (bicyclic) bond motifs is 2. The molecule has 9 nitrogen and oxygen atoms in total. The summed E-state index contributed by atoms with van der Waals surface area (Å²) in [6, 6.07) is 8.23. The summed E-state index contributed by atoms with van der Waals surface area (Å²) >= 11 is 0. The van der Waals surface area contributed by atoms with Gasteiger partial charge >= 0.3 is 0 Å². The van der Waals surface area contributed by atoms with Gasteiger partial charge in [0.15, 0.2) is 5.65 Å². The molecule has 1 N–H and O–H groups in total. The van der Waals surface area contributed by atoms with E-state index in [1.807, 2.05) is 22.4 Å². The second kappa shape index (κ2) is 7.51. The van der Waals surface area contributed by atoms with Crippen molar-refractivity contribution in [1.82, 2.24) is 39.2 Å². The molecule has 1 aliphatic heterocycles. The van der Waals surface area contributed by atoms with E-state index in [1.54, 1.807) is 29.3 Å². The van der Waals surface area contributed by atoms with Gasteiger partial charge in [0.2, 0.25) is 0 Å². The molecule has 0 saturated carbocycles. The first-order valence-corrected chi connectivity index (χ1v) is 10.8. The Morgan fingerprint density at radius 2 is 2.18 bits per heavy atom. The van der Waals surface area contributed by atoms with Crippen molar-refractivity contribution in [2.24, 2.45) is 0 Å². The lowest BCUT2D eigenvalue weighted by atomic mass is 10.0. The predicted molar refractivity (Wildman–Crippen MR) is 118 cm³/mol. The van der Waals surface area contributed by atoms with Crippen LogP contribution in [0.15, 0.2) is 49.2 Å². The summed E-state index contributed by atoms with van der Waals surface area (Å²) < 4.78 is 17.2. The third kappa shape index (κ3) is 3.34. The van der Waals surface area contributed by atoms with Crippen LogP contribution in [0, 0.1) is 12.7 Å². The van der Waals surface area contributed by atoms with E-state index >= 15 is 0 Å². The van der Waals surface area contributed by atoms with Gasteiger partial charge < -0.3 is 9.88 Å². The lowest BCUT2D eigenvalue weighted by Crippen LogP contribution is -2.28. The number of benzene rings is 1. The van der Waals surface area contributed by atoms with Crippen LogP contribution >= 0.6 is 0 Å². The molecule has 33 heavy (non-hydrogen) atoms. The number of amides is 1. The average Bonchev–Trinajstić information content (AvgIpc) is 3.60. The number of nitrogens with one attached hydrogen (secondary N) is 1. The number of rotatable bonds is 4. The largest absolute Gasteiger partial charge is 0.350 e. The van der Waals surface area contributed by atoms with Gasteiger partial charge in [-0.15, -0.1) is 0 Å². The fraction of sp³-hybridized carbons (Fsp3) is 0.261. The number of aryl methyl sites for hydroxylation is 1. The zero-order valence-corrected chi connectivity index (χ0v) is 17.9. The Morgan fingerprint density at radius 1 is 1.27 bits per heavy atom. The van der Waals surface area contributed by atoms with Crippen LogP contribution in [0.1, 0.15) is 39.8 Å². The molecule has 1 fully saturated rings. The van der Waals surface area contributed by atoms with Crippen molar-refractivity contribution in [3.05, 3.63) is 77.6 Å². The molecule has 1 saturated heterocycles. The number of hydrogen-bond donors (Lipinski definition) is 1. The standard InChI is InChI=1S/C23H21FN8O/c1-14-18(11-31-13-25-12-27-31)22-26-6-4-21(32(22)29-14)16-5-7-30(10-16)23(33)20-8-15-2-3-17(24)9-19(15)28-20/h2-4,6,8-9,12-13,16,28H,5,7,10-11H2,1H3. The second-order valence-corrected chi connectivity index (χ2v) is 8.41. The van der Waals surface area contributed by atoms with Crippen molar-refractivity contribution < 1.29 is 9.18 Å². The normalized spacial score (nSPS) is 16.3. The molecule has 0 radical (unpaired) electrons. The zero-order chi connectivity index (χ0) is 22.5. The van der Waals surface area contributed by atoms with Crippen molar-refractivity contribution >= 4 is 22.5 Å². The minimum absolute atomic E-state index is 0.0806. The molecule has 1 unspecified atom stereocenters. The van der Waals surface area contributed by atoms with Crippen molar-refractivity contribution in [1.29, 1.82) is 0 Å². The molecule has 5 heterocycles. The molecule has 1 aromatic carbocycles. The SMILES string of the molecule is Cc1nn2c(C3CCN(C(=O)c4cc5ccc(F)cc5[nH]4)C3)ccnc2c1Cn1cncn1. The summed E-state index contributed by atoms with van der Waals surface area (Å²) in [7, 11) is 0. The Kier molecular flexibility index (Phi) is 4.46. The van der Waals surface area contributed by atoms with Crippen LogP contribution in [-0.4, -0.2) is 58.2 Å². The summed E-state index contributed by atoms with van der Waals surface area (Å²) in [4.78, 5) is 26.6. The van der Waals surface area contributed by atoms with E-state index < -0.39 is 0 Å². The Hall–Kier alpha value is -4.08.